The Hall–Kier alpha value is -1.39. The third-order valence-corrected chi connectivity index (χ3v) is 2.64. The van der Waals surface area contributed by atoms with Gasteiger partial charge < -0.3 is 10.7 Å². The van der Waals surface area contributed by atoms with Crippen LogP contribution in [-0.2, 0) is 6.54 Å². The molecular weight excluding hydrogens is 229 g/mol. The molecule has 0 amide bonds. The molecule has 0 saturated heterocycles. The van der Waals surface area contributed by atoms with E-state index in [0.29, 0.717) is 22.1 Å². The number of nitrogens with one attached hydrogen (secondary N) is 1. The number of aromatic nitrogens is 2. The first-order valence-corrected chi connectivity index (χ1v) is 5.21. The number of hydrogen-bond acceptors (Lipinski definition) is 2. The Morgan fingerprint density at radius 1 is 1.50 bits per heavy atom. The first-order chi connectivity index (χ1) is 7.63. The van der Waals surface area contributed by atoms with Gasteiger partial charge in [0.1, 0.15) is 11.6 Å². The molecule has 0 saturated carbocycles. The molecule has 0 atom stereocenters. The SMILES string of the molecule is Cc1[nH]c(CN)nc1-c1c(F)cccc1Cl. The van der Waals surface area contributed by atoms with Gasteiger partial charge in [-0.3, -0.25) is 0 Å². The summed E-state index contributed by atoms with van der Waals surface area (Å²) in [4.78, 5) is 7.20. The number of aromatic amines is 1. The summed E-state index contributed by atoms with van der Waals surface area (Å²) >= 11 is 5.96. The van der Waals surface area contributed by atoms with E-state index in [4.69, 9.17) is 17.3 Å². The minimum Gasteiger partial charge on any atom is -0.344 e. The lowest BCUT2D eigenvalue weighted by Gasteiger charge is -2.03. The van der Waals surface area contributed by atoms with E-state index in [9.17, 15) is 4.39 Å². The summed E-state index contributed by atoms with van der Waals surface area (Å²) < 4.78 is 13.7. The number of hydrogen-bond donors (Lipinski definition) is 2. The third kappa shape index (κ3) is 1.81. The summed E-state index contributed by atoms with van der Waals surface area (Å²) in [7, 11) is 0. The van der Waals surface area contributed by atoms with E-state index >= 15 is 0 Å². The Bertz CT molecular complexity index is 502. The van der Waals surface area contributed by atoms with Crippen LogP contribution in [0, 0.1) is 12.7 Å². The fourth-order valence-electron chi connectivity index (χ4n) is 1.59. The number of aryl methyl sites for hydroxylation is 1. The molecule has 0 aliphatic carbocycles. The Morgan fingerprint density at radius 3 is 2.81 bits per heavy atom. The van der Waals surface area contributed by atoms with Crippen molar-refractivity contribution in [3.8, 4) is 11.3 Å². The number of nitrogens with zero attached hydrogens (tertiary/aromatic N) is 1. The molecule has 3 nitrogen and oxygen atoms in total. The topological polar surface area (TPSA) is 54.7 Å². The smallest absolute Gasteiger partial charge is 0.134 e. The maximum absolute atomic E-state index is 13.7. The molecule has 16 heavy (non-hydrogen) atoms. The van der Waals surface area contributed by atoms with Crippen LogP contribution in [0.4, 0.5) is 4.39 Å². The first-order valence-electron chi connectivity index (χ1n) is 4.83. The largest absolute Gasteiger partial charge is 0.344 e. The fraction of sp³-hybridized carbons (Fsp3) is 0.182. The molecule has 0 bridgehead atoms. The minimum atomic E-state index is -0.384. The highest BCUT2D eigenvalue weighted by molar-refractivity contribution is 6.33. The van der Waals surface area contributed by atoms with Crippen molar-refractivity contribution in [1.82, 2.24) is 9.97 Å². The summed E-state index contributed by atoms with van der Waals surface area (Å²) in [6, 6.07) is 4.56. The van der Waals surface area contributed by atoms with Crippen molar-refractivity contribution < 1.29 is 4.39 Å². The Labute approximate surface area is 97.5 Å². The average Bonchev–Trinajstić information content (AvgIpc) is 2.60. The summed E-state index contributed by atoms with van der Waals surface area (Å²) in [5.41, 5.74) is 7.06. The van der Waals surface area contributed by atoms with Gasteiger partial charge in [-0.1, -0.05) is 17.7 Å². The molecule has 2 aromatic rings. The maximum Gasteiger partial charge on any atom is 0.134 e. The number of H-pyrrole nitrogens is 1. The Balaban J connectivity index is 2.62. The highest BCUT2D eigenvalue weighted by Gasteiger charge is 2.15. The van der Waals surface area contributed by atoms with E-state index in [1.54, 1.807) is 12.1 Å². The van der Waals surface area contributed by atoms with Crippen LogP contribution in [0.1, 0.15) is 11.5 Å². The zero-order chi connectivity index (χ0) is 11.7. The van der Waals surface area contributed by atoms with Crippen molar-refractivity contribution in [3.63, 3.8) is 0 Å². The molecule has 5 heteroatoms. The molecule has 1 aromatic carbocycles. The fourth-order valence-corrected chi connectivity index (χ4v) is 1.84. The van der Waals surface area contributed by atoms with E-state index in [1.165, 1.54) is 6.07 Å². The van der Waals surface area contributed by atoms with Crippen LogP contribution in [0.15, 0.2) is 18.2 Å². The van der Waals surface area contributed by atoms with Crippen molar-refractivity contribution in [2.24, 2.45) is 5.73 Å². The van der Waals surface area contributed by atoms with Crippen molar-refractivity contribution in [3.05, 3.63) is 40.6 Å². The molecule has 0 aliphatic heterocycles. The number of halogens is 2. The average molecular weight is 240 g/mol. The highest BCUT2D eigenvalue weighted by Crippen LogP contribution is 2.31. The second-order valence-electron chi connectivity index (χ2n) is 3.46. The highest BCUT2D eigenvalue weighted by atomic mass is 35.5. The van der Waals surface area contributed by atoms with Crippen LogP contribution in [0.2, 0.25) is 5.02 Å². The Morgan fingerprint density at radius 2 is 2.25 bits per heavy atom. The van der Waals surface area contributed by atoms with Crippen molar-refractivity contribution in [1.29, 1.82) is 0 Å². The summed E-state index contributed by atoms with van der Waals surface area (Å²) in [5.74, 6) is 0.234. The van der Waals surface area contributed by atoms with Crippen LogP contribution in [-0.4, -0.2) is 9.97 Å². The molecule has 1 aromatic heterocycles. The molecule has 2 rings (SSSR count). The molecule has 1 heterocycles. The normalized spacial score (nSPS) is 10.8. The van der Waals surface area contributed by atoms with E-state index in [-0.39, 0.29) is 12.4 Å². The van der Waals surface area contributed by atoms with E-state index in [2.05, 4.69) is 9.97 Å². The van der Waals surface area contributed by atoms with Crippen LogP contribution in [0.3, 0.4) is 0 Å². The van der Waals surface area contributed by atoms with Gasteiger partial charge >= 0.3 is 0 Å². The molecule has 0 spiro atoms. The third-order valence-electron chi connectivity index (χ3n) is 2.33. The predicted octanol–water partition coefficient (Wildman–Crippen LogP) is 2.64. The molecule has 0 aliphatic rings. The molecule has 0 fully saturated rings. The second kappa shape index (κ2) is 4.23. The zero-order valence-electron chi connectivity index (χ0n) is 8.72. The van der Waals surface area contributed by atoms with E-state index in [0.717, 1.165) is 5.69 Å². The van der Waals surface area contributed by atoms with Gasteiger partial charge in [-0.15, -0.1) is 0 Å². The van der Waals surface area contributed by atoms with Gasteiger partial charge in [0, 0.05) is 5.69 Å². The van der Waals surface area contributed by atoms with Gasteiger partial charge in [0.2, 0.25) is 0 Å². The molecule has 3 N–H and O–H groups in total. The zero-order valence-corrected chi connectivity index (χ0v) is 9.48. The molecular formula is C11H11ClFN3. The van der Waals surface area contributed by atoms with Crippen LogP contribution in [0.25, 0.3) is 11.3 Å². The Kier molecular flexibility index (Phi) is 2.94. The standard InChI is InChI=1S/C11H11ClFN3/c1-6-11(16-9(5-14)15-6)10-7(12)3-2-4-8(10)13/h2-4H,5,14H2,1H3,(H,15,16). The number of nitrogens with two attached hydrogens (primary N) is 1. The van der Waals surface area contributed by atoms with Crippen LogP contribution >= 0.6 is 11.6 Å². The predicted molar refractivity (Wildman–Crippen MR) is 61.6 cm³/mol. The van der Waals surface area contributed by atoms with Crippen LogP contribution in [0.5, 0.6) is 0 Å². The second-order valence-corrected chi connectivity index (χ2v) is 3.87. The van der Waals surface area contributed by atoms with Gasteiger partial charge in [0.05, 0.1) is 22.8 Å². The van der Waals surface area contributed by atoms with Crippen molar-refractivity contribution in [2.75, 3.05) is 0 Å². The quantitative estimate of drug-likeness (QED) is 0.847. The van der Waals surface area contributed by atoms with Gasteiger partial charge in [0.15, 0.2) is 0 Å². The van der Waals surface area contributed by atoms with Gasteiger partial charge in [-0.05, 0) is 19.1 Å². The molecule has 0 unspecified atom stereocenters. The summed E-state index contributed by atoms with van der Waals surface area (Å²) in [6.45, 7) is 2.09. The lowest BCUT2D eigenvalue weighted by Crippen LogP contribution is -1.98. The minimum absolute atomic E-state index is 0.285. The monoisotopic (exact) mass is 239 g/mol. The van der Waals surface area contributed by atoms with E-state index < -0.39 is 0 Å². The summed E-state index contributed by atoms with van der Waals surface area (Å²) in [6.07, 6.45) is 0. The summed E-state index contributed by atoms with van der Waals surface area (Å²) in [5, 5.41) is 0.346. The number of benzene rings is 1. The van der Waals surface area contributed by atoms with Crippen LogP contribution < -0.4 is 5.73 Å². The van der Waals surface area contributed by atoms with Gasteiger partial charge in [0.25, 0.3) is 0 Å². The molecule has 0 radical (unpaired) electrons. The van der Waals surface area contributed by atoms with E-state index in [1.807, 2.05) is 6.92 Å². The number of rotatable bonds is 2. The van der Waals surface area contributed by atoms with Gasteiger partial charge in [-0.2, -0.15) is 0 Å². The van der Waals surface area contributed by atoms with Gasteiger partial charge in [-0.25, -0.2) is 9.37 Å². The van der Waals surface area contributed by atoms with Crippen molar-refractivity contribution in [2.45, 2.75) is 13.5 Å². The lowest BCUT2D eigenvalue weighted by atomic mass is 10.1. The number of imidazole rings is 1. The lowest BCUT2D eigenvalue weighted by molar-refractivity contribution is 0.630. The maximum atomic E-state index is 13.7. The molecule has 84 valence electrons. The van der Waals surface area contributed by atoms with Crippen molar-refractivity contribution >= 4 is 11.6 Å². The first kappa shape index (κ1) is 11.1.